The first-order valence-electron chi connectivity index (χ1n) is 7.59. The molecule has 2 atom stereocenters. The molecule has 1 saturated carbocycles. The van der Waals surface area contributed by atoms with Crippen LogP contribution in [-0.4, -0.2) is 23.5 Å². The molecule has 1 amide bonds. The van der Waals surface area contributed by atoms with E-state index in [0.29, 0.717) is 23.4 Å². The Labute approximate surface area is 121 Å². The maximum atomic E-state index is 12.2. The molecule has 1 aliphatic rings. The van der Waals surface area contributed by atoms with Gasteiger partial charge in [-0.1, -0.05) is 13.8 Å². The van der Waals surface area contributed by atoms with Gasteiger partial charge in [0.2, 0.25) is 0 Å². The zero-order chi connectivity index (χ0) is 14.5. The molecule has 0 aromatic carbocycles. The van der Waals surface area contributed by atoms with Gasteiger partial charge in [-0.15, -0.1) is 0 Å². The number of hydrogen-bond donors (Lipinski definition) is 2. The van der Waals surface area contributed by atoms with Gasteiger partial charge in [0.05, 0.1) is 5.56 Å². The lowest BCUT2D eigenvalue weighted by Crippen LogP contribution is -2.40. The van der Waals surface area contributed by atoms with Crippen molar-refractivity contribution < 1.29 is 4.79 Å². The van der Waals surface area contributed by atoms with Crippen LogP contribution in [0.3, 0.4) is 0 Å². The first-order valence-corrected chi connectivity index (χ1v) is 7.59. The van der Waals surface area contributed by atoms with Gasteiger partial charge < -0.3 is 10.6 Å². The highest BCUT2D eigenvalue weighted by molar-refractivity contribution is 5.94. The number of rotatable bonds is 4. The van der Waals surface area contributed by atoms with Crippen LogP contribution < -0.4 is 10.6 Å². The van der Waals surface area contributed by atoms with Gasteiger partial charge in [0.15, 0.2) is 0 Å². The van der Waals surface area contributed by atoms with Crippen LogP contribution in [0.1, 0.15) is 50.4 Å². The zero-order valence-electron chi connectivity index (χ0n) is 12.6. The van der Waals surface area contributed by atoms with Crippen LogP contribution in [0, 0.1) is 11.8 Å². The molecule has 4 nitrogen and oxygen atoms in total. The van der Waals surface area contributed by atoms with Crippen molar-refractivity contribution in [1.29, 1.82) is 0 Å². The highest BCUT2D eigenvalue weighted by Crippen LogP contribution is 2.28. The SMILES string of the molecule is CCNc1ccc(C(=O)NC2CC(C)CC(C)C2)cn1. The Morgan fingerprint density at radius 2 is 1.95 bits per heavy atom. The molecule has 0 bridgehead atoms. The smallest absolute Gasteiger partial charge is 0.253 e. The number of aromatic nitrogens is 1. The molecule has 1 fully saturated rings. The summed E-state index contributed by atoms with van der Waals surface area (Å²) in [5.74, 6) is 2.19. The van der Waals surface area contributed by atoms with Gasteiger partial charge in [0, 0.05) is 18.8 Å². The molecule has 1 aromatic rings. The lowest BCUT2D eigenvalue weighted by atomic mass is 9.80. The third-order valence-electron chi connectivity index (χ3n) is 3.90. The molecule has 2 rings (SSSR count). The second-order valence-corrected chi connectivity index (χ2v) is 6.05. The average molecular weight is 275 g/mol. The molecule has 1 aliphatic carbocycles. The number of hydrogen-bond acceptors (Lipinski definition) is 3. The van der Waals surface area contributed by atoms with Gasteiger partial charge in [-0.25, -0.2) is 4.98 Å². The summed E-state index contributed by atoms with van der Waals surface area (Å²) >= 11 is 0. The summed E-state index contributed by atoms with van der Waals surface area (Å²) in [6.45, 7) is 7.38. The number of amides is 1. The molecule has 110 valence electrons. The van der Waals surface area contributed by atoms with E-state index in [-0.39, 0.29) is 5.91 Å². The topological polar surface area (TPSA) is 54.0 Å². The van der Waals surface area contributed by atoms with Crippen molar-refractivity contribution in [2.24, 2.45) is 11.8 Å². The quantitative estimate of drug-likeness (QED) is 0.888. The molecule has 2 N–H and O–H groups in total. The van der Waals surface area contributed by atoms with Crippen LogP contribution in [0.15, 0.2) is 18.3 Å². The van der Waals surface area contributed by atoms with E-state index in [2.05, 4.69) is 29.5 Å². The highest BCUT2D eigenvalue weighted by Gasteiger charge is 2.25. The summed E-state index contributed by atoms with van der Waals surface area (Å²) in [5, 5.41) is 6.27. The van der Waals surface area contributed by atoms with Crippen molar-refractivity contribution in [3.05, 3.63) is 23.9 Å². The Morgan fingerprint density at radius 1 is 1.25 bits per heavy atom. The standard InChI is InChI=1S/C16H25N3O/c1-4-17-15-6-5-13(10-18-15)16(20)19-14-8-11(2)7-12(3)9-14/h5-6,10-12,14H,4,7-9H2,1-3H3,(H,17,18)(H,19,20). The normalized spacial score (nSPS) is 26.1. The van der Waals surface area contributed by atoms with E-state index in [1.165, 1.54) is 6.42 Å². The molecule has 2 unspecified atom stereocenters. The lowest BCUT2D eigenvalue weighted by molar-refractivity contribution is 0.0911. The van der Waals surface area contributed by atoms with E-state index < -0.39 is 0 Å². The number of anilines is 1. The van der Waals surface area contributed by atoms with E-state index >= 15 is 0 Å². The summed E-state index contributed by atoms with van der Waals surface area (Å²) in [4.78, 5) is 16.5. The minimum absolute atomic E-state index is 0.00755. The molecular formula is C16H25N3O. The summed E-state index contributed by atoms with van der Waals surface area (Å²) in [7, 11) is 0. The van der Waals surface area contributed by atoms with Crippen LogP contribution in [0.2, 0.25) is 0 Å². The molecule has 0 spiro atoms. The highest BCUT2D eigenvalue weighted by atomic mass is 16.1. The molecular weight excluding hydrogens is 250 g/mol. The van der Waals surface area contributed by atoms with Crippen LogP contribution >= 0.6 is 0 Å². The first kappa shape index (κ1) is 14.8. The fraction of sp³-hybridized carbons (Fsp3) is 0.625. The molecule has 1 aromatic heterocycles. The Hall–Kier alpha value is -1.58. The minimum atomic E-state index is -0.00755. The van der Waals surface area contributed by atoms with Gasteiger partial charge in [-0.05, 0) is 50.2 Å². The summed E-state index contributed by atoms with van der Waals surface area (Å²) in [6, 6.07) is 3.98. The van der Waals surface area contributed by atoms with Crippen LogP contribution in [-0.2, 0) is 0 Å². The third-order valence-corrected chi connectivity index (χ3v) is 3.90. The average Bonchev–Trinajstić information content (AvgIpc) is 2.38. The van der Waals surface area contributed by atoms with E-state index in [4.69, 9.17) is 0 Å². The molecule has 4 heteroatoms. The van der Waals surface area contributed by atoms with Crippen molar-refractivity contribution in [3.63, 3.8) is 0 Å². The van der Waals surface area contributed by atoms with Gasteiger partial charge in [-0.3, -0.25) is 4.79 Å². The van der Waals surface area contributed by atoms with Gasteiger partial charge in [0.1, 0.15) is 5.82 Å². The van der Waals surface area contributed by atoms with E-state index in [1.807, 2.05) is 19.1 Å². The number of nitrogens with zero attached hydrogens (tertiary/aromatic N) is 1. The monoisotopic (exact) mass is 275 g/mol. The van der Waals surface area contributed by atoms with Crippen molar-refractivity contribution in [2.45, 2.75) is 46.1 Å². The lowest BCUT2D eigenvalue weighted by Gasteiger charge is -2.31. The number of nitrogens with one attached hydrogen (secondary N) is 2. The molecule has 0 radical (unpaired) electrons. The maximum Gasteiger partial charge on any atom is 0.253 e. The molecule has 0 saturated heterocycles. The van der Waals surface area contributed by atoms with Crippen molar-refractivity contribution >= 4 is 11.7 Å². The van der Waals surface area contributed by atoms with Gasteiger partial charge in [-0.2, -0.15) is 0 Å². The summed E-state index contributed by atoms with van der Waals surface area (Å²) < 4.78 is 0. The van der Waals surface area contributed by atoms with E-state index in [9.17, 15) is 4.79 Å². The zero-order valence-corrected chi connectivity index (χ0v) is 12.6. The van der Waals surface area contributed by atoms with Crippen molar-refractivity contribution in [2.75, 3.05) is 11.9 Å². The van der Waals surface area contributed by atoms with E-state index in [1.54, 1.807) is 6.20 Å². The predicted molar refractivity (Wildman–Crippen MR) is 81.8 cm³/mol. The first-order chi connectivity index (χ1) is 9.58. The van der Waals surface area contributed by atoms with Crippen LogP contribution in [0.25, 0.3) is 0 Å². The van der Waals surface area contributed by atoms with Crippen LogP contribution in [0.4, 0.5) is 5.82 Å². The Balaban J connectivity index is 1.93. The minimum Gasteiger partial charge on any atom is -0.370 e. The van der Waals surface area contributed by atoms with Crippen molar-refractivity contribution in [1.82, 2.24) is 10.3 Å². The van der Waals surface area contributed by atoms with Crippen LogP contribution in [0.5, 0.6) is 0 Å². The third kappa shape index (κ3) is 3.95. The predicted octanol–water partition coefficient (Wildman–Crippen LogP) is 3.07. The maximum absolute atomic E-state index is 12.2. The second kappa shape index (κ2) is 6.73. The van der Waals surface area contributed by atoms with Gasteiger partial charge >= 0.3 is 0 Å². The van der Waals surface area contributed by atoms with E-state index in [0.717, 1.165) is 25.2 Å². The number of pyridine rings is 1. The largest absolute Gasteiger partial charge is 0.370 e. The molecule has 1 heterocycles. The second-order valence-electron chi connectivity index (χ2n) is 6.05. The Morgan fingerprint density at radius 3 is 2.50 bits per heavy atom. The fourth-order valence-corrected chi connectivity index (χ4v) is 3.15. The number of carbonyl (C=O) groups is 1. The summed E-state index contributed by atoms with van der Waals surface area (Å²) in [5.41, 5.74) is 0.637. The Kier molecular flexibility index (Phi) is 4.99. The number of carbonyl (C=O) groups excluding carboxylic acids is 1. The molecule has 0 aliphatic heterocycles. The fourth-order valence-electron chi connectivity index (χ4n) is 3.15. The Bertz CT molecular complexity index is 434. The van der Waals surface area contributed by atoms with Gasteiger partial charge in [0.25, 0.3) is 5.91 Å². The molecule has 20 heavy (non-hydrogen) atoms. The van der Waals surface area contributed by atoms with Crippen molar-refractivity contribution in [3.8, 4) is 0 Å². The summed E-state index contributed by atoms with van der Waals surface area (Å²) in [6.07, 6.45) is 5.08.